The molecule has 0 aliphatic heterocycles. The van der Waals surface area contributed by atoms with Crippen molar-refractivity contribution in [3.8, 4) is 5.75 Å². The summed E-state index contributed by atoms with van der Waals surface area (Å²) in [6, 6.07) is 3.37. The molecule has 0 aliphatic carbocycles. The molecule has 0 saturated carbocycles. The van der Waals surface area contributed by atoms with Crippen molar-refractivity contribution in [3.05, 3.63) is 18.3 Å². The average molecular weight is 466 g/mol. The van der Waals surface area contributed by atoms with E-state index in [0.717, 1.165) is 23.0 Å². The van der Waals surface area contributed by atoms with Gasteiger partial charge in [-0.1, -0.05) is 0 Å². The van der Waals surface area contributed by atoms with Gasteiger partial charge < -0.3 is 0 Å². The molecule has 144 valence electrons. The van der Waals surface area contributed by atoms with Gasteiger partial charge in [0, 0.05) is 0 Å². The molecule has 0 amide bonds. The van der Waals surface area contributed by atoms with Crippen LogP contribution in [0.4, 0.5) is 13.2 Å². The number of pyridine rings is 1. The fourth-order valence-electron chi connectivity index (χ4n) is 3.26. The first-order valence-electron chi connectivity index (χ1n) is 9.53. The molecule has 6 heteroatoms. The van der Waals surface area contributed by atoms with E-state index in [9.17, 15) is 13.2 Å². The second-order valence-electron chi connectivity index (χ2n) is 6.87. The van der Waals surface area contributed by atoms with Crippen molar-refractivity contribution < 1.29 is 17.9 Å². The van der Waals surface area contributed by atoms with E-state index in [1.165, 1.54) is 32.6 Å². The van der Waals surface area contributed by atoms with Gasteiger partial charge in [0.15, 0.2) is 0 Å². The zero-order valence-corrected chi connectivity index (χ0v) is 18.6. The van der Waals surface area contributed by atoms with Gasteiger partial charge in [-0.3, -0.25) is 0 Å². The number of alkyl halides is 3. The zero-order valence-electron chi connectivity index (χ0n) is 15.8. The minimum absolute atomic E-state index is 0.313. The van der Waals surface area contributed by atoms with E-state index in [1.54, 1.807) is 12.3 Å². The summed E-state index contributed by atoms with van der Waals surface area (Å²) in [5.41, 5.74) is 0. The van der Waals surface area contributed by atoms with Crippen molar-refractivity contribution in [2.24, 2.45) is 0 Å². The van der Waals surface area contributed by atoms with Gasteiger partial charge in [-0.25, -0.2) is 0 Å². The van der Waals surface area contributed by atoms with E-state index in [1.807, 2.05) is 6.07 Å². The summed E-state index contributed by atoms with van der Waals surface area (Å²) in [6.07, 6.45) is 4.37. The Kier molecular flexibility index (Phi) is 10.2. The molecule has 1 rings (SSSR count). The number of hydrogen-bond donors (Lipinski definition) is 0. The van der Waals surface area contributed by atoms with Crippen molar-refractivity contribution in [1.29, 1.82) is 0 Å². The molecule has 1 heterocycles. The molecular formula is C19H32F3NOSn. The SMILES string of the molecule is CCC[CH2][Sn]([CH2]CCC)([CH2]CCC)[c]1cc(OCC(F)(F)F)ccn1. The molecule has 1 aromatic rings. The summed E-state index contributed by atoms with van der Waals surface area (Å²) in [4.78, 5) is 4.65. The third-order valence-corrected chi connectivity index (χ3v) is 19.8. The number of aromatic nitrogens is 1. The zero-order chi connectivity index (χ0) is 18.8. The molecule has 0 fully saturated rings. The molecule has 0 aromatic carbocycles. The monoisotopic (exact) mass is 467 g/mol. The van der Waals surface area contributed by atoms with Gasteiger partial charge in [-0.05, 0) is 0 Å². The van der Waals surface area contributed by atoms with E-state index in [2.05, 4.69) is 25.8 Å². The molecule has 1 aromatic heterocycles. The Bertz CT molecular complexity index is 472. The van der Waals surface area contributed by atoms with Crippen molar-refractivity contribution in [2.75, 3.05) is 6.61 Å². The Hall–Kier alpha value is -0.461. The van der Waals surface area contributed by atoms with Crippen LogP contribution in [0.1, 0.15) is 59.3 Å². The van der Waals surface area contributed by atoms with Crippen LogP contribution in [0.25, 0.3) is 0 Å². The molecule has 0 N–H and O–H groups in total. The number of ether oxygens (including phenoxy) is 1. The summed E-state index contributed by atoms with van der Waals surface area (Å²) in [6.45, 7) is 5.36. The number of hydrogen-bond acceptors (Lipinski definition) is 2. The van der Waals surface area contributed by atoms with Crippen molar-refractivity contribution in [3.63, 3.8) is 0 Å². The van der Waals surface area contributed by atoms with Crippen LogP contribution in [0, 0.1) is 0 Å². The summed E-state index contributed by atoms with van der Waals surface area (Å²) < 4.78 is 47.1. The summed E-state index contributed by atoms with van der Waals surface area (Å²) in [5, 5.41) is 0. The molecular weight excluding hydrogens is 434 g/mol. The van der Waals surface area contributed by atoms with Gasteiger partial charge in [0.05, 0.1) is 0 Å². The second kappa shape index (κ2) is 11.3. The fraction of sp³-hybridized carbons (Fsp3) is 0.737. The van der Waals surface area contributed by atoms with Gasteiger partial charge in [-0.15, -0.1) is 0 Å². The molecule has 0 atom stereocenters. The van der Waals surface area contributed by atoms with Crippen molar-refractivity contribution in [2.45, 2.75) is 78.8 Å². The van der Waals surface area contributed by atoms with Crippen LogP contribution in [0.2, 0.25) is 13.3 Å². The molecule has 0 bridgehead atoms. The van der Waals surface area contributed by atoms with E-state index < -0.39 is 31.2 Å². The number of halogens is 3. The summed E-state index contributed by atoms with van der Waals surface area (Å²) in [5.74, 6) is 0.313. The van der Waals surface area contributed by atoms with E-state index >= 15 is 0 Å². The Morgan fingerprint density at radius 3 is 1.92 bits per heavy atom. The first kappa shape index (κ1) is 22.6. The fourth-order valence-corrected chi connectivity index (χ4v) is 18.7. The van der Waals surface area contributed by atoms with Crippen LogP contribution in [-0.4, -0.2) is 36.1 Å². The first-order valence-corrected chi connectivity index (χ1v) is 17.0. The Labute approximate surface area is 154 Å². The van der Waals surface area contributed by atoms with E-state index in [0.29, 0.717) is 5.75 Å². The molecule has 0 radical (unpaired) electrons. The van der Waals surface area contributed by atoms with Gasteiger partial charge in [-0.2, -0.15) is 0 Å². The number of nitrogens with zero attached hydrogens (tertiary/aromatic N) is 1. The summed E-state index contributed by atoms with van der Waals surface area (Å²) in [7, 11) is 0. The molecule has 2 nitrogen and oxygen atoms in total. The van der Waals surface area contributed by atoms with Crippen LogP contribution < -0.4 is 8.45 Å². The maximum absolute atomic E-state index is 12.4. The Morgan fingerprint density at radius 1 is 0.960 bits per heavy atom. The topological polar surface area (TPSA) is 22.1 Å². The molecule has 0 spiro atoms. The standard InChI is InChI=1S/C7H5F3NO.3C4H9.Sn/c8-7(9,10)5-12-6-1-3-11-4-2-6;3*1-3-4-2;/h1-3H,5H2;3*1,3-4H2,2H3;. The van der Waals surface area contributed by atoms with Crippen LogP contribution in [0.5, 0.6) is 5.75 Å². The second-order valence-corrected chi connectivity index (χ2v) is 19.9. The van der Waals surface area contributed by atoms with Gasteiger partial charge in [0.1, 0.15) is 0 Å². The molecule has 0 unspecified atom stereocenters. The maximum atomic E-state index is 12.4. The van der Waals surface area contributed by atoms with Gasteiger partial charge in [0.2, 0.25) is 0 Å². The van der Waals surface area contributed by atoms with Gasteiger partial charge in [0.25, 0.3) is 0 Å². The Morgan fingerprint density at radius 2 is 1.48 bits per heavy atom. The Balaban J connectivity index is 3.08. The number of unbranched alkanes of at least 4 members (excludes halogenated alkanes) is 3. The average Bonchev–Trinajstić information content (AvgIpc) is 2.59. The minimum atomic E-state index is -4.31. The normalized spacial score (nSPS) is 12.4. The van der Waals surface area contributed by atoms with Crippen LogP contribution in [0.15, 0.2) is 18.3 Å². The quantitative estimate of drug-likeness (QED) is 0.349. The first-order chi connectivity index (χ1) is 11.9. The van der Waals surface area contributed by atoms with Crippen molar-refractivity contribution >= 4 is 22.1 Å². The third-order valence-electron chi connectivity index (χ3n) is 4.70. The van der Waals surface area contributed by atoms with Crippen LogP contribution >= 0.6 is 0 Å². The number of rotatable bonds is 12. The third kappa shape index (κ3) is 8.18. The van der Waals surface area contributed by atoms with Crippen molar-refractivity contribution in [1.82, 2.24) is 4.98 Å². The summed E-state index contributed by atoms with van der Waals surface area (Å²) >= 11 is -2.71. The van der Waals surface area contributed by atoms with E-state index in [4.69, 9.17) is 4.74 Å². The van der Waals surface area contributed by atoms with Crippen LogP contribution in [0.3, 0.4) is 0 Å². The molecule has 0 aliphatic rings. The van der Waals surface area contributed by atoms with Gasteiger partial charge >= 0.3 is 154 Å². The van der Waals surface area contributed by atoms with E-state index in [-0.39, 0.29) is 0 Å². The molecule has 25 heavy (non-hydrogen) atoms. The predicted molar refractivity (Wildman–Crippen MR) is 100 cm³/mol. The van der Waals surface area contributed by atoms with Crippen LogP contribution in [-0.2, 0) is 0 Å². The molecule has 0 saturated heterocycles. The predicted octanol–water partition coefficient (Wildman–Crippen LogP) is 6.08.